The molecule has 0 aliphatic rings. The van der Waals surface area contributed by atoms with Crippen molar-refractivity contribution in [2.45, 2.75) is 17.3 Å². The highest BCUT2D eigenvalue weighted by molar-refractivity contribution is 8.00. The van der Waals surface area contributed by atoms with Crippen LogP contribution in [0.25, 0.3) is 10.7 Å². The number of thioether (sulfide) groups is 1. The summed E-state index contributed by atoms with van der Waals surface area (Å²) >= 11 is 2.73. The average molecular weight is 450 g/mol. The molecule has 31 heavy (non-hydrogen) atoms. The highest BCUT2D eigenvalue weighted by atomic mass is 32.2. The number of aromatic nitrogens is 3. The molecule has 156 valence electrons. The van der Waals surface area contributed by atoms with Gasteiger partial charge in [0.15, 0.2) is 11.6 Å². The molecule has 0 bridgehead atoms. The third-order valence-electron chi connectivity index (χ3n) is 4.51. The molecule has 0 saturated heterocycles. The lowest BCUT2D eigenvalue weighted by atomic mass is 10.1. The number of ketones is 1. The maximum Gasteiger partial charge on any atom is 0.242 e. The third kappa shape index (κ3) is 4.68. The minimum absolute atomic E-state index is 0.0672. The number of amides is 1. The summed E-state index contributed by atoms with van der Waals surface area (Å²) in [5.74, 6) is 6.46. The molecule has 2 heterocycles. The van der Waals surface area contributed by atoms with Gasteiger partial charge in [0.1, 0.15) is 5.25 Å². The summed E-state index contributed by atoms with van der Waals surface area (Å²) in [6.07, 6.45) is 0. The fraction of sp³-hybridized carbons (Fsp3) is 0.0909. The van der Waals surface area contributed by atoms with Gasteiger partial charge in [-0.2, -0.15) is 0 Å². The first-order valence-electron chi connectivity index (χ1n) is 9.41. The predicted molar refractivity (Wildman–Crippen MR) is 124 cm³/mol. The van der Waals surface area contributed by atoms with Crippen LogP contribution in [0, 0.1) is 0 Å². The van der Waals surface area contributed by atoms with Gasteiger partial charge in [0.25, 0.3) is 0 Å². The summed E-state index contributed by atoms with van der Waals surface area (Å²) in [5, 5.41) is 13.0. The molecule has 0 unspecified atom stereocenters. The number of thiophene rings is 1. The minimum atomic E-state index is -0.620. The van der Waals surface area contributed by atoms with E-state index in [9.17, 15) is 9.59 Å². The zero-order chi connectivity index (χ0) is 21.8. The molecule has 0 aliphatic carbocycles. The van der Waals surface area contributed by atoms with Crippen LogP contribution in [0.1, 0.15) is 28.1 Å². The van der Waals surface area contributed by atoms with Crippen LogP contribution in [0.5, 0.6) is 0 Å². The number of nitrogens with one attached hydrogen (secondary N) is 1. The molecular formula is C22H19N5O2S2. The van der Waals surface area contributed by atoms with E-state index in [-0.39, 0.29) is 11.7 Å². The van der Waals surface area contributed by atoms with E-state index in [1.807, 2.05) is 47.8 Å². The van der Waals surface area contributed by atoms with Crippen LogP contribution in [0.2, 0.25) is 0 Å². The minimum Gasteiger partial charge on any atom is -0.335 e. The zero-order valence-electron chi connectivity index (χ0n) is 16.6. The van der Waals surface area contributed by atoms with E-state index in [4.69, 9.17) is 5.84 Å². The summed E-state index contributed by atoms with van der Waals surface area (Å²) in [7, 11) is 0. The van der Waals surface area contributed by atoms with Crippen molar-refractivity contribution in [2.75, 3.05) is 11.2 Å². The quantitative estimate of drug-likeness (QED) is 0.246. The van der Waals surface area contributed by atoms with E-state index in [2.05, 4.69) is 15.5 Å². The second-order valence-electron chi connectivity index (χ2n) is 6.69. The van der Waals surface area contributed by atoms with Crippen molar-refractivity contribution >= 4 is 40.5 Å². The molecule has 0 saturated carbocycles. The lowest BCUT2D eigenvalue weighted by molar-refractivity contribution is -0.115. The van der Waals surface area contributed by atoms with Gasteiger partial charge < -0.3 is 11.2 Å². The number of hydrogen-bond acceptors (Lipinski definition) is 7. The molecule has 7 nitrogen and oxygen atoms in total. The van der Waals surface area contributed by atoms with Crippen molar-refractivity contribution in [3.63, 3.8) is 0 Å². The van der Waals surface area contributed by atoms with Crippen LogP contribution >= 0.6 is 23.1 Å². The Balaban J connectivity index is 1.62. The monoisotopic (exact) mass is 449 g/mol. The first-order chi connectivity index (χ1) is 15.0. The van der Waals surface area contributed by atoms with Crippen LogP contribution in [0.15, 0.2) is 77.3 Å². The lowest BCUT2D eigenvalue weighted by Gasteiger charge is -2.16. The standard InChI is InChI=1S/C22H19N5O2S2/c1-14(28)16-9-5-10-17(13-16)24-21(29)19(15-7-3-2-4-8-15)31-22-26-25-20(27(22)23)18-11-6-12-30-18/h2-13,19H,23H2,1H3,(H,24,29)/t19-/m0/s1. The van der Waals surface area contributed by atoms with Crippen molar-refractivity contribution in [3.8, 4) is 10.7 Å². The Bertz CT molecular complexity index is 1210. The number of benzene rings is 2. The molecule has 2 aromatic heterocycles. The fourth-order valence-electron chi connectivity index (χ4n) is 2.96. The summed E-state index contributed by atoms with van der Waals surface area (Å²) in [4.78, 5) is 25.8. The summed E-state index contributed by atoms with van der Waals surface area (Å²) in [6, 6.07) is 20.1. The maximum atomic E-state index is 13.2. The van der Waals surface area contributed by atoms with Gasteiger partial charge in [-0.25, -0.2) is 4.68 Å². The molecule has 4 aromatic rings. The van der Waals surface area contributed by atoms with Gasteiger partial charge in [0.2, 0.25) is 11.1 Å². The number of nitrogen functional groups attached to an aromatic ring is 1. The first kappa shape index (κ1) is 20.8. The number of hydrogen-bond donors (Lipinski definition) is 2. The van der Waals surface area contributed by atoms with Gasteiger partial charge in [0.05, 0.1) is 4.88 Å². The van der Waals surface area contributed by atoms with Gasteiger partial charge in [-0.05, 0) is 36.1 Å². The van der Waals surface area contributed by atoms with Crippen LogP contribution in [0.4, 0.5) is 5.69 Å². The molecule has 0 aliphatic heterocycles. The zero-order valence-corrected chi connectivity index (χ0v) is 18.2. The number of carbonyl (C=O) groups is 2. The Kier molecular flexibility index (Phi) is 6.15. The van der Waals surface area contributed by atoms with Crippen LogP contribution in [-0.2, 0) is 4.79 Å². The summed E-state index contributed by atoms with van der Waals surface area (Å²) < 4.78 is 1.40. The Labute approximate surface area is 187 Å². The van der Waals surface area contributed by atoms with E-state index in [0.717, 1.165) is 10.4 Å². The molecule has 0 fully saturated rings. The SMILES string of the molecule is CC(=O)c1cccc(NC(=O)[C@@H](Sc2nnc(-c3cccs3)n2N)c2ccccc2)c1. The topological polar surface area (TPSA) is 103 Å². The van der Waals surface area contributed by atoms with Gasteiger partial charge in [-0.1, -0.05) is 60.3 Å². The normalized spacial score (nSPS) is 11.8. The van der Waals surface area contributed by atoms with E-state index in [0.29, 0.717) is 22.2 Å². The number of anilines is 1. The number of nitrogens with zero attached hydrogens (tertiary/aromatic N) is 3. The van der Waals surface area contributed by atoms with Gasteiger partial charge in [0, 0.05) is 11.3 Å². The molecule has 0 spiro atoms. The van der Waals surface area contributed by atoms with Crippen molar-refractivity contribution in [3.05, 3.63) is 83.2 Å². The Morgan fingerprint density at radius 3 is 2.58 bits per heavy atom. The number of Topliss-reactive ketones (excluding diaryl/α,β-unsaturated/α-hetero) is 1. The molecule has 0 radical (unpaired) electrons. The lowest BCUT2D eigenvalue weighted by Crippen LogP contribution is -2.20. The van der Waals surface area contributed by atoms with E-state index in [1.54, 1.807) is 24.3 Å². The second-order valence-corrected chi connectivity index (χ2v) is 8.71. The van der Waals surface area contributed by atoms with Crippen molar-refractivity contribution in [1.29, 1.82) is 0 Å². The van der Waals surface area contributed by atoms with E-state index in [1.165, 1.54) is 34.7 Å². The average Bonchev–Trinajstić information content (AvgIpc) is 3.42. The van der Waals surface area contributed by atoms with Gasteiger partial charge in [-0.15, -0.1) is 21.5 Å². The van der Waals surface area contributed by atoms with Gasteiger partial charge in [-0.3, -0.25) is 9.59 Å². The summed E-state index contributed by atoms with van der Waals surface area (Å²) in [5.41, 5.74) is 1.88. The molecule has 1 amide bonds. The van der Waals surface area contributed by atoms with E-state index >= 15 is 0 Å². The highest BCUT2D eigenvalue weighted by Gasteiger charge is 2.26. The molecule has 4 rings (SSSR count). The molecule has 1 atom stereocenters. The van der Waals surface area contributed by atoms with E-state index < -0.39 is 5.25 Å². The van der Waals surface area contributed by atoms with Crippen molar-refractivity contribution in [1.82, 2.24) is 14.9 Å². The largest absolute Gasteiger partial charge is 0.335 e. The molecular weight excluding hydrogens is 430 g/mol. The molecule has 9 heteroatoms. The Morgan fingerprint density at radius 2 is 1.87 bits per heavy atom. The number of nitrogens with two attached hydrogens (primary N) is 1. The smallest absolute Gasteiger partial charge is 0.242 e. The molecule has 3 N–H and O–H groups in total. The second kappa shape index (κ2) is 9.15. The predicted octanol–water partition coefficient (Wildman–Crippen LogP) is 4.40. The third-order valence-corrected chi connectivity index (χ3v) is 6.58. The maximum absolute atomic E-state index is 13.2. The Morgan fingerprint density at radius 1 is 1.06 bits per heavy atom. The van der Waals surface area contributed by atoms with Crippen LogP contribution < -0.4 is 11.2 Å². The number of carbonyl (C=O) groups excluding carboxylic acids is 2. The number of rotatable bonds is 7. The Hall–Kier alpha value is -3.43. The summed E-state index contributed by atoms with van der Waals surface area (Å²) in [6.45, 7) is 1.49. The van der Waals surface area contributed by atoms with Crippen LogP contribution in [0.3, 0.4) is 0 Å². The fourth-order valence-corrected chi connectivity index (χ4v) is 4.62. The van der Waals surface area contributed by atoms with Crippen molar-refractivity contribution < 1.29 is 9.59 Å². The molecule has 2 aromatic carbocycles. The first-order valence-corrected chi connectivity index (χ1v) is 11.2. The van der Waals surface area contributed by atoms with Crippen molar-refractivity contribution in [2.24, 2.45) is 0 Å². The van der Waals surface area contributed by atoms with Gasteiger partial charge >= 0.3 is 0 Å². The highest BCUT2D eigenvalue weighted by Crippen LogP contribution is 2.36. The van der Waals surface area contributed by atoms with Crippen LogP contribution in [-0.4, -0.2) is 26.6 Å².